The zero-order valence-corrected chi connectivity index (χ0v) is 15.6. The molecule has 2 rings (SSSR count). The summed E-state index contributed by atoms with van der Waals surface area (Å²) in [7, 11) is 0. The van der Waals surface area contributed by atoms with E-state index in [4.69, 9.17) is 4.74 Å². The minimum absolute atomic E-state index is 0.000729. The number of fused-ring (bicyclic) bond motifs is 1. The molecule has 0 aliphatic rings. The molecule has 6 nitrogen and oxygen atoms in total. The van der Waals surface area contributed by atoms with E-state index in [1.54, 1.807) is 0 Å². The molecule has 0 aliphatic heterocycles. The molecule has 138 valence electrons. The van der Waals surface area contributed by atoms with Crippen LogP contribution in [0, 0.1) is 0 Å². The summed E-state index contributed by atoms with van der Waals surface area (Å²) < 4.78 is 5.84. The molecule has 2 N–H and O–H groups in total. The van der Waals surface area contributed by atoms with Gasteiger partial charge in [0.1, 0.15) is 5.75 Å². The Morgan fingerprint density at radius 3 is 2.54 bits per heavy atom. The second kappa shape index (κ2) is 8.99. The molecule has 0 saturated heterocycles. The summed E-state index contributed by atoms with van der Waals surface area (Å²) in [6.45, 7) is 7.64. The van der Waals surface area contributed by atoms with Crippen LogP contribution in [0.1, 0.15) is 39.7 Å². The number of nitrogens with zero attached hydrogens (tertiary/aromatic N) is 1. The Bertz CT molecular complexity index is 815. The number of hydrazone groups is 1. The van der Waals surface area contributed by atoms with E-state index in [0.29, 0.717) is 5.75 Å². The molecular weight excluding hydrogens is 330 g/mol. The van der Waals surface area contributed by atoms with Crippen LogP contribution < -0.4 is 15.5 Å². The largest absolute Gasteiger partial charge is 0.490 e. The summed E-state index contributed by atoms with van der Waals surface area (Å²) in [5.41, 5.74) is 3.02. The van der Waals surface area contributed by atoms with Crippen molar-refractivity contribution in [1.29, 1.82) is 0 Å². The van der Waals surface area contributed by atoms with Gasteiger partial charge in [0.2, 0.25) is 0 Å². The van der Waals surface area contributed by atoms with Crippen molar-refractivity contribution in [3.8, 4) is 5.75 Å². The van der Waals surface area contributed by atoms with Gasteiger partial charge in [-0.05, 0) is 44.0 Å². The Morgan fingerprint density at radius 2 is 1.85 bits per heavy atom. The minimum Gasteiger partial charge on any atom is -0.490 e. The van der Waals surface area contributed by atoms with Gasteiger partial charge < -0.3 is 10.1 Å². The van der Waals surface area contributed by atoms with Gasteiger partial charge in [-0.1, -0.05) is 37.3 Å². The maximum absolute atomic E-state index is 11.8. The van der Waals surface area contributed by atoms with Gasteiger partial charge in [-0.25, -0.2) is 5.43 Å². The molecule has 0 aromatic heterocycles. The normalized spacial score (nSPS) is 12.3. The van der Waals surface area contributed by atoms with Crippen molar-refractivity contribution in [2.24, 2.45) is 5.10 Å². The van der Waals surface area contributed by atoms with E-state index in [-0.39, 0.29) is 12.1 Å². The highest BCUT2D eigenvalue weighted by molar-refractivity contribution is 6.35. The topological polar surface area (TPSA) is 79.8 Å². The Hall–Kier alpha value is -2.89. The van der Waals surface area contributed by atoms with Crippen LogP contribution in [-0.2, 0) is 9.59 Å². The summed E-state index contributed by atoms with van der Waals surface area (Å²) in [6, 6.07) is 11.6. The number of nitrogens with one attached hydrogen (secondary N) is 2. The molecular formula is C20H25N3O3. The number of hydrogen-bond acceptors (Lipinski definition) is 4. The van der Waals surface area contributed by atoms with E-state index < -0.39 is 11.8 Å². The molecule has 0 unspecified atom stereocenters. The maximum Gasteiger partial charge on any atom is 0.329 e. The number of carbonyl (C=O) groups excluding carboxylic acids is 2. The van der Waals surface area contributed by atoms with Gasteiger partial charge in [-0.3, -0.25) is 9.59 Å². The second-order valence-corrected chi connectivity index (χ2v) is 6.35. The fourth-order valence-electron chi connectivity index (χ4n) is 2.36. The number of rotatable bonds is 6. The van der Waals surface area contributed by atoms with Crippen LogP contribution in [0.4, 0.5) is 0 Å². The van der Waals surface area contributed by atoms with Crippen molar-refractivity contribution < 1.29 is 14.3 Å². The number of amides is 2. The third kappa shape index (κ3) is 5.05. The van der Waals surface area contributed by atoms with E-state index in [1.165, 1.54) is 6.21 Å². The molecule has 0 saturated carbocycles. The molecule has 0 bridgehead atoms. The summed E-state index contributed by atoms with van der Waals surface area (Å²) in [5, 5.41) is 8.53. The first-order valence-corrected chi connectivity index (χ1v) is 8.74. The molecule has 0 fully saturated rings. The second-order valence-electron chi connectivity index (χ2n) is 6.35. The van der Waals surface area contributed by atoms with Crippen molar-refractivity contribution in [3.63, 3.8) is 0 Å². The molecule has 2 aromatic rings. The number of carbonyl (C=O) groups is 2. The summed E-state index contributed by atoms with van der Waals surface area (Å²) in [4.78, 5) is 23.6. The van der Waals surface area contributed by atoms with Crippen LogP contribution in [0.3, 0.4) is 0 Å². The lowest BCUT2D eigenvalue weighted by Crippen LogP contribution is -2.41. The monoisotopic (exact) mass is 355 g/mol. The molecule has 2 amide bonds. The molecule has 0 radical (unpaired) electrons. The van der Waals surface area contributed by atoms with E-state index in [9.17, 15) is 9.59 Å². The van der Waals surface area contributed by atoms with Crippen molar-refractivity contribution in [3.05, 3.63) is 42.0 Å². The SMILES string of the molecule is CC[C@H](C)NC(=O)C(=O)N/N=C\c1c(OC(C)C)ccc2ccccc12. The molecule has 2 aromatic carbocycles. The van der Waals surface area contributed by atoms with E-state index >= 15 is 0 Å². The quantitative estimate of drug-likeness (QED) is 0.475. The van der Waals surface area contributed by atoms with Gasteiger partial charge in [0.05, 0.1) is 12.3 Å². The molecule has 0 heterocycles. The molecule has 0 spiro atoms. The van der Waals surface area contributed by atoms with Gasteiger partial charge in [0, 0.05) is 11.6 Å². The van der Waals surface area contributed by atoms with Crippen molar-refractivity contribution in [2.45, 2.75) is 46.3 Å². The maximum atomic E-state index is 11.8. The highest BCUT2D eigenvalue weighted by Crippen LogP contribution is 2.27. The van der Waals surface area contributed by atoms with Crippen LogP contribution in [0.15, 0.2) is 41.5 Å². The van der Waals surface area contributed by atoms with Crippen LogP contribution >= 0.6 is 0 Å². The number of ether oxygens (including phenoxy) is 1. The zero-order chi connectivity index (χ0) is 19.1. The third-order valence-corrected chi connectivity index (χ3v) is 3.85. The highest BCUT2D eigenvalue weighted by atomic mass is 16.5. The van der Waals surface area contributed by atoms with E-state index in [2.05, 4.69) is 15.8 Å². The zero-order valence-electron chi connectivity index (χ0n) is 15.6. The standard InChI is InChI=1S/C20H25N3O3/c1-5-14(4)22-19(24)20(25)23-21-12-17-16-9-7-6-8-15(16)10-11-18(17)26-13(2)3/h6-14H,5H2,1-4H3,(H,22,24)(H,23,25)/b21-12-/t14-/m0/s1. The predicted octanol–water partition coefficient (Wildman–Crippen LogP) is 2.99. The van der Waals surface area contributed by atoms with Crippen LogP contribution in [-0.4, -0.2) is 30.2 Å². The van der Waals surface area contributed by atoms with Crippen molar-refractivity contribution >= 4 is 28.8 Å². The van der Waals surface area contributed by atoms with Crippen molar-refractivity contribution in [2.75, 3.05) is 0 Å². The lowest BCUT2D eigenvalue weighted by Gasteiger charge is -2.14. The van der Waals surface area contributed by atoms with Crippen molar-refractivity contribution in [1.82, 2.24) is 10.7 Å². The lowest BCUT2D eigenvalue weighted by atomic mass is 10.0. The van der Waals surface area contributed by atoms with Gasteiger partial charge in [-0.15, -0.1) is 0 Å². The van der Waals surface area contributed by atoms with E-state index in [0.717, 1.165) is 22.8 Å². The van der Waals surface area contributed by atoms with Crippen LogP contribution in [0.25, 0.3) is 10.8 Å². The summed E-state index contributed by atoms with van der Waals surface area (Å²) in [6.07, 6.45) is 2.25. The Morgan fingerprint density at radius 1 is 1.12 bits per heavy atom. The van der Waals surface area contributed by atoms with Crippen LogP contribution in [0.5, 0.6) is 5.75 Å². The van der Waals surface area contributed by atoms with Gasteiger partial charge in [0.25, 0.3) is 0 Å². The van der Waals surface area contributed by atoms with Crippen LogP contribution in [0.2, 0.25) is 0 Å². The summed E-state index contributed by atoms with van der Waals surface area (Å²) in [5.74, 6) is -0.832. The molecule has 26 heavy (non-hydrogen) atoms. The van der Waals surface area contributed by atoms with E-state index in [1.807, 2.05) is 64.1 Å². The highest BCUT2D eigenvalue weighted by Gasteiger charge is 2.14. The first-order chi connectivity index (χ1) is 12.4. The average Bonchev–Trinajstić information content (AvgIpc) is 2.62. The van der Waals surface area contributed by atoms with Gasteiger partial charge >= 0.3 is 11.8 Å². The van der Waals surface area contributed by atoms with Gasteiger partial charge in [-0.2, -0.15) is 5.10 Å². The van der Waals surface area contributed by atoms with Gasteiger partial charge in [0.15, 0.2) is 0 Å². The first kappa shape index (κ1) is 19.4. The molecule has 6 heteroatoms. The molecule has 1 atom stereocenters. The Labute approximate surface area is 153 Å². The minimum atomic E-state index is -0.798. The fourth-order valence-corrected chi connectivity index (χ4v) is 2.36. The Kier molecular flexibility index (Phi) is 6.72. The third-order valence-electron chi connectivity index (χ3n) is 3.85. The number of hydrogen-bond donors (Lipinski definition) is 2. The lowest BCUT2D eigenvalue weighted by molar-refractivity contribution is -0.139. The number of benzene rings is 2. The predicted molar refractivity (Wildman–Crippen MR) is 103 cm³/mol. The summed E-state index contributed by atoms with van der Waals surface area (Å²) >= 11 is 0. The Balaban J connectivity index is 2.21. The average molecular weight is 355 g/mol. The smallest absolute Gasteiger partial charge is 0.329 e. The molecule has 0 aliphatic carbocycles. The fraction of sp³-hybridized carbons (Fsp3) is 0.350. The first-order valence-electron chi connectivity index (χ1n) is 8.74.